The topological polar surface area (TPSA) is 95.9 Å². The van der Waals surface area contributed by atoms with Gasteiger partial charge in [0.25, 0.3) is 5.91 Å². The molecule has 0 spiro atoms. The Bertz CT molecular complexity index is 730. The molecule has 6 heteroatoms. The molecule has 0 radical (unpaired) electrons. The highest BCUT2D eigenvalue weighted by Gasteiger charge is 2.18. The minimum absolute atomic E-state index is 0.0537. The van der Waals surface area contributed by atoms with Gasteiger partial charge in [-0.25, -0.2) is 0 Å². The number of carboxylic acid groups (broad SMARTS) is 1. The fourth-order valence-corrected chi connectivity index (χ4v) is 2.51. The molecule has 0 bridgehead atoms. The second-order valence-corrected chi connectivity index (χ2v) is 5.68. The van der Waals surface area contributed by atoms with Gasteiger partial charge in [0.05, 0.1) is 12.7 Å². The minimum atomic E-state index is -0.920. The lowest BCUT2D eigenvalue weighted by Gasteiger charge is -2.19. The molecule has 25 heavy (non-hydrogen) atoms. The van der Waals surface area contributed by atoms with Crippen LogP contribution in [-0.2, 0) is 11.2 Å². The van der Waals surface area contributed by atoms with Gasteiger partial charge in [-0.3, -0.25) is 9.59 Å². The van der Waals surface area contributed by atoms with Crippen molar-refractivity contribution >= 4 is 11.9 Å². The first-order chi connectivity index (χ1) is 12.0. The van der Waals surface area contributed by atoms with Crippen LogP contribution in [0, 0.1) is 0 Å². The maximum absolute atomic E-state index is 12.5. The number of rotatable bonds is 8. The van der Waals surface area contributed by atoms with Crippen molar-refractivity contribution in [1.29, 1.82) is 0 Å². The summed E-state index contributed by atoms with van der Waals surface area (Å²) < 4.78 is 5.07. The highest BCUT2D eigenvalue weighted by Crippen LogP contribution is 2.23. The number of carboxylic acids is 1. The molecular weight excluding hydrogens is 322 g/mol. The van der Waals surface area contributed by atoms with Crippen molar-refractivity contribution in [2.75, 3.05) is 7.11 Å². The zero-order valence-electron chi connectivity index (χ0n) is 13.9. The Morgan fingerprint density at radius 1 is 1.16 bits per heavy atom. The number of aromatic hydroxyl groups is 1. The van der Waals surface area contributed by atoms with E-state index in [4.69, 9.17) is 9.84 Å². The number of hydrogen-bond acceptors (Lipinski definition) is 4. The van der Waals surface area contributed by atoms with Gasteiger partial charge >= 0.3 is 5.97 Å². The van der Waals surface area contributed by atoms with E-state index in [-0.39, 0.29) is 23.8 Å². The Hall–Kier alpha value is -3.02. The number of aliphatic carboxylic acids is 1. The summed E-state index contributed by atoms with van der Waals surface area (Å²) in [5, 5.41) is 21.6. The van der Waals surface area contributed by atoms with Gasteiger partial charge in [0.1, 0.15) is 11.5 Å². The van der Waals surface area contributed by atoms with E-state index in [9.17, 15) is 14.7 Å². The largest absolute Gasteiger partial charge is 0.507 e. The number of ether oxygens (including phenoxy) is 1. The van der Waals surface area contributed by atoms with E-state index in [0.717, 1.165) is 5.56 Å². The van der Waals surface area contributed by atoms with Gasteiger partial charge < -0.3 is 20.3 Å². The molecule has 0 fully saturated rings. The number of carbonyl (C=O) groups excluding carboxylic acids is 1. The van der Waals surface area contributed by atoms with E-state index in [0.29, 0.717) is 18.6 Å². The van der Waals surface area contributed by atoms with E-state index >= 15 is 0 Å². The van der Waals surface area contributed by atoms with Gasteiger partial charge in [-0.15, -0.1) is 0 Å². The van der Waals surface area contributed by atoms with Crippen LogP contribution >= 0.6 is 0 Å². The highest BCUT2D eigenvalue weighted by atomic mass is 16.5. The Balaban J connectivity index is 2.14. The summed E-state index contributed by atoms with van der Waals surface area (Å²) in [5.41, 5.74) is 1.08. The number of benzene rings is 2. The SMILES string of the molecule is COc1ccc(O)c(C(=O)NC(CCC(=O)O)Cc2ccccc2)c1. The van der Waals surface area contributed by atoms with Crippen LogP contribution < -0.4 is 10.1 Å². The molecule has 2 aromatic rings. The second kappa shape index (κ2) is 8.73. The Morgan fingerprint density at radius 2 is 1.88 bits per heavy atom. The van der Waals surface area contributed by atoms with Gasteiger partial charge in [0.15, 0.2) is 0 Å². The van der Waals surface area contributed by atoms with E-state index in [1.807, 2.05) is 30.3 Å². The monoisotopic (exact) mass is 343 g/mol. The standard InChI is InChI=1S/C19H21NO5/c1-25-15-8-9-17(21)16(12-15)19(24)20-14(7-10-18(22)23)11-13-5-3-2-4-6-13/h2-6,8-9,12,14,21H,7,10-11H2,1H3,(H,20,24)(H,22,23). The van der Waals surface area contributed by atoms with E-state index < -0.39 is 11.9 Å². The maximum Gasteiger partial charge on any atom is 0.303 e. The zero-order chi connectivity index (χ0) is 18.2. The lowest BCUT2D eigenvalue weighted by molar-refractivity contribution is -0.137. The summed E-state index contributed by atoms with van der Waals surface area (Å²) in [5.74, 6) is -1.10. The molecule has 132 valence electrons. The molecule has 0 aromatic heterocycles. The Labute approximate surface area is 146 Å². The molecule has 2 aromatic carbocycles. The van der Waals surface area contributed by atoms with Crippen LogP contribution in [0.4, 0.5) is 0 Å². The molecule has 6 nitrogen and oxygen atoms in total. The summed E-state index contributed by atoms with van der Waals surface area (Å²) >= 11 is 0. The molecule has 0 heterocycles. The van der Waals surface area contributed by atoms with Crippen molar-refractivity contribution in [2.24, 2.45) is 0 Å². The molecule has 3 N–H and O–H groups in total. The molecule has 0 aliphatic rings. The van der Waals surface area contributed by atoms with E-state index in [1.165, 1.54) is 19.2 Å². The van der Waals surface area contributed by atoms with Crippen molar-refractivity contribution in [3.05, 3.63) is 59.7 Å². The fourth-order valence-electron chi connectivity index (χ4n) is 2.51. The van der Waals surface area contributed by atoms with Crippen molar-refractivity contribution in [1.82, 2.24) is 5.32 Å². The number of methoxy groups -OCH3 is 1. The summed E-state index contributed by atoms with van der Waals surface area (Å²) in [6, 6.07) is 13.5. The normalized spacial score (nSPS) is 11.6. The predicted molar refractivity (Wildman–Crippen MR) is 92.9 cm³/mol. The predicted octanol–water partition coefficient (Wildman–Crippen LogP) is 2.61. The molecule has 0 saturated carbocycles. The minimum Gasteiger partial charge on any atom is -0.507 e. The number of nitrogens with one attached hydrogen (secondary N) is 1. The second-order valence-electron chi connectivity index (χ2n) is 5.68. The van der Waals surface area contributed by atoms with Crippen molar-refractivity contribution in [3.63, 3.8) is 0 Å². The van der Waals surface area contributed by atoms with Crippen LogP contribution in [0.15, 0.2) is 48.5 Å². The van der Waals surface area contributed by atoms with Crippen LogP contribution in [0.25, 0.3) is 0 Å². The number of carbonyl (C=O) groups is 2. The van der Waals surface area contributed by atoms with Gasteiger partial charge in [-0.2, -0.15) is 0 Å². The summed E-state index contributed by atoms with van der Waals surface area (Å²) in [6.07, 6.45) is 0.743. The lowest BCUT2D eigenvalue weighted by Crippen LogP contribution is -2.37. The third-order valence-electron chi connectivity index (χ3n) is 3.82. The van der Waals surface area contributed by atoms with Crippen molar-refractivity contribution in [3.8, 4) is 11.5 Å². The zero-order valence-corrected chi connectivity index (χ0v) is 13.9. The van der Waals surface area contributed by atoms with Crippen LogP contribution in [0.2, 0.25) is 0 Å². The van der Waals surface area contributed by atoms with Crippen molar-refractivity contribution < 1.29 is 24.5 Å². The first kappa shape index (κ1) is 18.3. The van der Waals surface area contributed by atoms with Gasteiger partial charge in [0.2, 0.25) is 0 Å². The average Bonchev–Trinajstić information content (AvgIpc) is 2.61. The van der Waals surface area contributed by atoms with E-state index in [2.05, 4.69) is 5.32 Å². The lowest BCUT2D eigenvalue weighted by atomic mass is 10.0. The van der Waals surface area contributed by atoms with Gasteiger partial charge in [-0.1, -0.05) is 30.3 Å². The summed E-state index contributed by atoms with van der Waals surface area (Å²) in [7, 11) is 1.47. The number of phenolic OH excluding ortho intramolecular Hbond substituents is 1. The molecule has 1 amide bonds. The first-order valence-corrected chi connectivity index (χ1v) is 7.93. The van der Waals surface area contributed by atoms with Crippen LogP contribution in [0.5, 0.6) is 11.5 Å². The molecule has 1 unspecified atom stereocenters. The van der Waals surface area contributed by atoms with Crippen LogP contribution in [-0.4, -0.2) is 35.2 Å². The molecule has 1 atom stereocenters. The third kappa shape index (κ3) is 5.53. The summed E-state index contributed by atoms with van der Waals surface area (Å²) in [4.78, 5) is 23.4. The van der Waals surface area contributed by atoms with Gasteiger partial charge in [-0.05, 0) is 36.6 Å². The van der Waals surface area contributed by atoms with Gasteiger partial charge in [0, 0.05) is 12.5 Å². The first-order valence-electron chi connectivity index (χ1n) is 7.93. The fraction of sp³-hybridized carbons (Fsp3) is 0.263. The maximum atomic E-state index is 12.5. The van der Waals surface area contributed by atoms with E-state index in [1.54, 1.807) is 6.07 Å². The molecular formula is C19H21NO5. The number of phenols is 1. The van der Waals surface area contributed by atoms with Crippen molar-refractivity contribution in [2.45, 2.75) is 25.3 Å². The third-order valence-corrected chi connectivity index (χ3v) is 3.82. The van der Waals surface area contributed by atoms with Crippen LogP contribution in [0.3, 0.4) is 0 Å². The Morgan fingerprint density at radius 3 is 2.52 bits per heavy atom. The molecule has 0 saturated heterocycles. The highest BCUT2D eigenvalue weighted by molar-refractivity contribution is 5.97. The summed E-state index contributed by atoms with van der Waals surface area (Å²) in [6.45, 7) is 0. The smallest absolute Gasteiger partial charge is 0.303 e. The number of hydrogen-bond donors (Lipinski definition) is 3. The quantitative estimate of drug-likeness (QED) is 0.685. The molecule has 0 aliphatic carbocycles. The number of amides is 1. The molecule has 0 aliphatic heterocycles. The Kier molecular flexibility index (Phi) is 6.39. The average molecular weight is 343 g/mol. The van der Waals surface area contributed by atoms with Crippen LogP contribution in [0.1, 0.15) is 28.8 Å². The molecule has 2 rings (SSSR count).